The molecule has 1 aliphatic rings. The van der Waals surface area contributed by atoms with Gasteiger partial charge in [-0.3, -0.25) is 9.69 Å². The first-order chi connectivity index (χ1) is 19.6. The Morgan fingerprint density at radius 1 is 1.15 bits per heavy atom. The highest BCUT2D eigenvalue weighted by Crippen LogP contribution is 2.32. The van der Waals surface area contributed by atoms with Gasteiger partial charge in [0.15, 0.2) is 5.78 Å². The Hall–Kier alpha value is -3.75. The molecule has 220 valence electrons. The lowest BCUT2D eigenvalue weighted by molar-refractivity contribution is -0.140. The second kappa shape index (κ2) is 13.3. The molecule has 3 aromatic rings. The average molecular weight is 575 g/mol. The molecule has 2 heterocycles. The van der Waals surface area contributed by atoms with Crippen LogP contribution in [0.4, 0.5) is 28.9 Å². The van der Waals surface area contributed by atoms with E-state index in [4.69, 9.17) is 9.47 Å². The predicted molar refractivity (Wildman–Crippen MR) is 152 cm³/mol. The molecule has 1 aliphatic heterocycles. The number of hydrogen-bond donors (Lipinski definition) is 2. The summed E-state index contributed by atoms with van der Waals surface area (Å²) in [5, 5.41) is 6.87. The monoisotopic (exact) mass is 574 g/mol. The SMILES string of the molecule is COCCN1CC[C@H](Nc2cccc3c2cc(C#CCNc2ccc(C(C)=O)cc2OC)n3CC(F)(F)F)[C@H](F)C1. The van der Waals surface area contributed by atoms with Crippen LogP contribution in [0.2, 0.25) is 0 Å². The molecule has 2 atom stereocenters. The maximum Gasteiger partial charge on any atom is 0.406 e. The largest absolute Gasteiger partial charge is 0.495 e. The number of fused-ring (bicyclic) bond motifs is 1. The molecule has 4 rings (SSSR count). The summed E-state index contributed by atoms with van der Waals surface area (Å²) in [6.45, 7) is 2.50. The normalized spacial score (nSPS) is 17.6. The maximum absolute atomic E-state index is 15.0. The van der Waals surface area contributed by atoms with Gasteiger partial charge >= 0.3 is 6.18 Å². The van der Waals surface area contributed by atoms with Crippen LogP contribution in [-0.4, -0.2) is 80.6 Å². The molecule has 7 nitrogen and oxygen atoms in total. The summed E-state index contributed by atoms with van der Waals surface area (Å²) in [5.74, 6) is 6.10. The molecule has 1 fully saturated rings. The van der Waals surface area contributed by atoms with Crippen LogP contribution in [0.5, 0.6) is 5.75 Å². The van der Waals surface area contributed by atoms with Gasteiger partial charge < -0.3 is 24.7 Å². The molecule has 0 bridgehead atoms. The first-order valence-corrected chi connectivity index (χ1v) is 13.3. The van der Waals surface area contributed by atoms with E-state index in [1.54, 1.807) is 49.6 Å². The van der Waals surface area contributed by atoms with Crippen LogP contribution in [0.25, 0.3) is 10.9 Å². The zero-order valence-electron chi connectivity index (χ0n) is 23.3. The number of aromatic nitrogens is 1. The minimum atomic E-state index is -4.46. The van der Waals surface area contributed by atoms with Gasteiger partial charge in [0.05, 0.1) is 43.2 Å². The number of piperidine rings is 1. The van der Waals surface area contributed by atoms with Gasteiger partial charge in [-0.15, -0.1) is 0 Å². The molecule has 1 aromatic heterocycles. The number of ketones is 1. The fraction of sp³-hybridized carbons (Fsp3) is 0.433. The number of carbonyl (C=O) groups is 1. The molecule has 2 aromatic carbocycles. The van der Waals surface area contributed by atoms with Gasteiger partial charge in [-0.1, -0.05) is 12.0 Å². The molecule has 0 radical (unpaired) electrons. The highest BCUT2D eigenvalue weighted by Gasteiger charge is 2.31. The molecule has 11 heteroatoms. The average Bonchev–Trinajstić information content (AvgIpc) is 3.27. The first kappa shape index (κ1) is 30.2. The summed E-state index contributed by atoms with van der Waals surface area (Å²) in [6, 6.07) is 11.1. The van der Waals surface area contributed by atoms with Crippen LogP contribution < -0.4 is 15.4 Å². The fourth-order valence-electron chi connectivity index (χ4n) is 4.95. The lowest BCUT2D eigenvalue weighted by Gasteiger charge is -2.35. The molecule has 0 amide bonds. The minimum Gasteiger partial charge on any atom is -0.495 e. The maximum atomic E-state index is 15.0. The lowest BCUT2D eigenvalue weighted by atomic mass is 10.0. The lowest BCUT2D eigenvalue weighted by Crippen LogP contribution is -2.48. The molecule has 0 aliphatic carbocycles. The Morgan fingerprint density at radius 2 is 1.95 bits per heavy atom. The number of benzene rings is 2. The zero-order chi connectivity index (χ0) is 29.6. The first-order valence-electron chi connectivity index (χ1n) is 13.3. The third-order valence-corrected chi connectivity index (χ3v) is 7.05. The third kappa shape index (κ3) is 7.71. The van der Waals surface area contributed by atoms with Crippen molar-refractivity contribution in [2.45, 2.75) is 38.3 Å². The molecule has 1 saturated heterocycles. The Kier molecular flexibility index (Phi) is 9.78. The minimum absolute atomic E-state index is 0.101. The number of halogens is 4. The van der Waals surface area contributed by atoms with Crippen LogP contribution in [0.3, 0.4) is 0 Å². The van der Waals surface area contributed by atoms with Crippen molar-refractivity contribution in [1.29, 1.82) is 0 Å². The second-order valence-electron chi connectivity index (χ2n) is 9.94. The summed E-state index contributed by atoms with van der Waals surface area (Å²) in [4.78, 5) is 13.6. The number of Topliss-reactive ketones (excluding diaryl/α,β-unsaturated/α-hetero) is 1. The number of methoxy groups -OCH3 is 2. The van der Waals surface area contributed by atoms with Gasteiger partial charge in [0, 0.05) is 43.4 Å². The van der Waals surface area contributed by atoms with Gasteiger partial charge in [0.2, 0.25) is 0 Å². The Labute approximate surface area is 236 Å². The summed E-state index contributed by atoms with van der Waals surface area (Å²) in [5.41, 5.74) is 2.22. The van der Waals surface area contributed by atoms with E-state index < -0.39 is 24.9 Å². The van der Waals surface area contributed by atoms with E-state index in [1.807, 2.05) is 4.90 Å². The number of hydrogen-bond acceptors (Lipinski definition) is 6. The van der Waals surface area contributed by atoms with Crippen molar-refractivity contribution < 1.29 is 31.8 Å². The smallest absolute Gasteiger partial charge is 0.406 e. The number of nitrogens with zero attached hydrogens (tertiary/aromatic N) is 2. The van der Waals surface area contributed by atoms with Crippen LogP contribution >= 0.6 is 0 Å². The third-order valence-electron chi connectivity index (χ3n) is 7.05. The fourth-order valence-corrected chi connectivity index (χ4v) is 4.95. The van der Waals surface area contributed by atoms with Gasteiger partial charge in [-0.2, -0.15) is 13.2 Å². The molecule has 2 N–H and O–H groups in total. The number of ether oxygens (including phenoxy) is 2. The van der Waals surface area contributed by atoms with Crippen LogP contribution in [0.15, 0.2) is 42.5 Å². The summed E-state index contributed by atoms with van der Waals surface area (Å²) < 4.78 is 67.3. The highest BCUT2D eigenvalue weighted by molar-refractivity contribution is 5.95. The summed E-state index contributed by atoms with van der Waals surface area (Å²) >= 11 is 0. The van der Waals surface area contributed by atoms with E-state index in [9.17, 15) is 18.0 Å². The van der Waals surface area contributed by atoms with Crippen molar-refractivity contribution in [2.24, 2.45) is 0 Å². The van der Waals surface area contributed by atoms with Crippen LogP contribution in [-0.2, 0) is 11.3 Å². The van der Waals surface area contributed by atoms with Crippen molar-refractivity contribution in [1.82, 2.24) is 9.47 Å². The van der Waals surface area contributed by atoms with Gasteiger partial charge in [-0.05, 0) is 55.7 Å². The Balaban J connectivity index is 1.56. The van der Waals surface area contributed by atoms with E-state index in [-0.39, 0.29) is 24.6 Å². The number of anilines is 2. The number of nitrogens with one attached hydrogen (secondary N) is 2. The molecular weight excluding hydrogens is 540 g/mol. The molecule has 0 saturated carbocycles. The number of rotatable bonds is 10. The van der Waals surface area contributed by atoms with Crippen molar-refractivity contribution in [3.63, 3.8) is 0 Å². The van der Waals surface area contributed by atoms with E-state index in [0.29, 0.717) is 59.7 Å². The number of carbonyl (C=O) groups excluding carboxylic acids is 1. The van der Waals surface area contributed by atoms with Gasteiger partial charge in [0.1, 0.15) is 18.5 Å². The van der Waals surface area contributed by atoms with Crippen LogP contribution in [0, 0.1) is 11.8 Å². The van der Waals surface area contributed by atoms with E-state index in [1.165, 1.54) is 14.0 Å². The van der Waals surface area contributed by atoms with E-state index in [2.05, 4.69) is 22.5 Å². The standard InChI is InChI=1S/C30H34F4N4O3/c1-20(39)21-9-10-27(29(16-21)41-3)35-12-5-6-22-17-23-25(7-4-8-28(23)38(22)19-30(32,33)34)36-26-11-13-37(14-15-40-2)18-24(26)31/h4,7-10,16-17,24,26,35-36H,11-15,18-19H2,1-3H3/t24-,26+/m1/s1. The Bertz CT molecular complexity index is 1430. The number of alkyl halides is 4. The Morgan fingerprint density at radius 3 is 2.63 bits per heavy atom. The molecular formula is C30H34F4N4O3. The quantitative estimate of drug-likeness (QED) is 0.193. The summed E-state index contributed by atoms with van der Waals surface area (Å²) in [7, 11) is 3.08. The highest BCUT2D eigenvalue weighted by atomic mass is 19.4. The van der Waals surface area contributed by atoms with Crippen molar-refractivity contribution in [3.05, 3.63) is 53.7 Å². The zero-order valence-corrected chi connectivity index (χ0v) is 23.3. The van der Waals surface area contributed by atoms with Crippen LogP contribution in [0.1, 0.15) is 29.4 Å². The predicted octanol–water partition coefficient (Wildman–Crippen LogP) is 5.35. The van der Waals surface area contributed by atoms with Gasteiger partial charge in [-0.25, -0.2) is 4.39 Å². The van der Waals surface area contributed by atoms with Crippen molar-refractivity contribution in [3.8, 4) is 17.6 Å². The second-order valence-corrected chi connectivity index (χ2v) is 9.94. The molecule has 41 heavy (non-hydrogen) atoms. The van der Waals surface area contributed by atoms with E-state index >= 15 is 4.39 Å². The van der Waals surface area contributed by atoms with Crippen molar-refractivity contribution >= 4 is 28.1 Å². The number of likely N-dealkylation sites (tertiary alicyclic amines) is 1. The summed E-state index contributed by atoms with van der Waals surface area (Å²) in [6.07, 6.45) is -5.05. The molecule has 0 unspecified atom stereocenters. The van der Waals surface area contributed by atoms with Crippen molar-refractivity contribution in [2.75, 3.05) is 57.6 Å². The van der Waals surface area contributed by atoms with Gasteiger partial charge in [0.25, 0.3) is 0 Å². The molecule has 0 spiro atoms. The topological polar surface area (TPSA) is 67.8 Å². The van der Waals surface area contributed by atoms with E-state index in [0.717, 1.165) is 4.57 Å².